The summed E-state index contributed by atoms with van der Waals surface area (Å²) in [6, 6.07) is 69.2. The van der Waals surface area contributed by atoms with Crippen LogP contribution in [0, 0.1) is 0 Å². The molecule has 0 atom stereocenters. The van der Waals surface area contributed by atoms with Gasteiger partial charge in [0, 0.05) is 37.2 Å². The molecule has 1 aliphatic rings. The van der Waals surface area contributed by atoms with Gasteiger partial charge in [-0.3, -0.25) is 0 Å². The molecular weight excluding hydrogens is 611 g/mol. The van der Waals surface area contributed by atoms with E-state index < -0.39 is 5.41 Å². The molecule has 1 aliphatic carbocycles. The third-order valence-corrected chi connectivity index (χ3v) is 11.5. The summed E-state index contributed by atoms with van der Waals surface area (Å²) in [5.41, 5.74) is 10.7. The van der Waals surface area contributed by atoms with Crippen LogP contribution in [0.15, 0.2) is 188 Å². The molecule has 9 aromatic rings. The lowest BCUT2D eigenvalue weighted by Gasteiger charge is -2.35. The number of para-hydroxylation sites is 1. The van der Waals surface area contributed by atoms with Gasteiger partial charge >= 0.3 is 0 Å². The standard InChI is InChI=1S/C47H31NS/c1-3-14-33(15-4-1)47(43-23-10-7-20-39(43)40-21-8-11-24-44(40)47)34-16-13-19-36(31-34)48(35-17-5-2-6-18-35)37-27-29-38-32(30-37)26-28-42-41-22-9-12-25-45(41)49-46(38)42/h1-31H. The van der Waals surface area contributed by atoms with Crippen molar-refractivity contribution in [3.8, 4) is 11.1 Å². The first-order valence-electron chi connectivity index (χ1n) is 16.9. The highest BCUT2D eigenvalue weighted by Crippen LogP contribution is 2.56. The normalized spacial score (nSPS) is 13.1. The zero-order valence-corrected chi connectivity index (χ0v) is 27.6. The average Bonchev–Trinajstić information content (AvgIpc) is 3.70. The Hall–Kier alpha value is -5.96. The van der Waals surface area contributed by atoms with Crippen molar-refractivity contribution in [2.75, 3.05) is 4.90 Å². The number of hydrogen-bond donors (Lipinski definition) is 0. The molecule has 1 aromatic heterocycles. The topological polar surface area (TPSA) is 3.24 Å². The third kappa shape index (κ3) is 4.18. The maximum Gasteiger partial charge on any atom is 0.0714 e. The second-order valence-electron chi connectivity index (χ2n) is 12.9. The fraction of sp³-hybridized carbons (Fsp3) is 0.0213. The van der Waals surface area contributed by atoms with Crippen molar-refractivity contribution in [1.29, 1.82) is 0 Å². The lowest BCUT2D eigenvalue weighted by molar-refractivity contribution is 0.768. The number of fused-ring (bicyclic) bond motifs is 8. The highest BCUT2D eigenvalue weighted by molar-refractivity contribution is 7.26. The number of nitrogens with zero attached hydrogens (tertiary/aromatic N) is 1. The van der Waals surface area contributed by atoms with E-state index in [1.54, 1.807) is 0 Å². The Labute approximate surface area is 290 Å². The van der Waals surface area contributed by atoms with Crippen LogP contribution in [0.1, 0.15) is 22.3 Å². The Balaban J connectivity index is 1.20. The van der Waals surface area contributed by atoms with Crippen LogP contribution in [-0.2, 0) is 5.41 Å². The summed E-state index contributed by atoms with van der Waals surface area (Å²) < 4.78 is 2.68. The predicted molar refractivity (Wildman–Crippen MR) is 209 cm³/mol. The van der Waals surface area contributed by atoms with E-state index in [0.717, 1.165) is 17.1 Å². The Kier molecular flexibility index (Phi) is 6.34. The molecule has 1 heterocycles. The van der Waals surface area contributed by atoms with E-state index in [1.807, 2.05) is 11.3 Å². The molecule has 0 fully saturated rings. The number of benzene rings is 8. The number of anilines is 3. The van der Waals surface area contributed by atoms with Gasteiger partial charge in [-0.1, -0.05) is 146 Å². The molecular formula is C47H31NS. The summed E-state index contributed by atoms with van der Waals surface area (Å²) in [6.45, 7) is 0. The maximum absolute atomic E-state index is 2.41. The van der Waals surface area contributed by atoms with Gasteiger partial charge < -0.3 is 4.90 Å². The average molecular weight is 642 g/mol. The molecule has 2 heteroatoms. The van der Waals surface area contributed by atoms with E-state index in [-0.39, 0.29) is 0 Å². The van der Waals surface area contributed by atoms with E-state index in [0.29, 0.717) is 0 Å². The van der Waals surface area contributed by atoms with Crippen molar-refractivity contribution in [2.24, 2.45) is 0 Å². The second kappa shape index (κ2) is 11.1. The smallest absolute Gasteiger partial charge is 0.0714 e. The number of hydrogen-bond acceptors (Lipinski definition) is 2. The Morgan fingerprint density at radius 2 is 0.980 bits per heavy atom. The van der Waals surface area contributed by atoms with Crippen LogP contribution in [0.5, 0.6) is 0 Å². The predicted octanol–water partition coefficient (Wildman–Crippen LogP) is 13.0. The zero-order chi connectivity index (χ0) is 32.4. The van der Waals surface area contributed by atoms with Crippen LogP contribution in [0.2, 0.25) is 0 Å². The van der Waals surface area contributed by atoms with Gasteiger partial charge in [-0.15, -0.1) is 11.3 Å². The van der Waals surface area contributed by atoms with Crippen LogP contribution in [0.25, 0.3) is 42.1 Å². The molecule has 8 aromatic carbocycles. The first-order valence-corrected chi connectivity index (χ1v) is 17.7. The van der Waals surface area contributed by atoms with Gasteiger partial charge in [0.25, 0.3) is 0 Å². The van der Waals surface area contributed by atoms with Gasteiger partial charge in [0.05, 0.1) is 5.41 Å². The Bertz CT molecular complexity index is 2630. The fourth-order valence-corrected chi connectivity index (χ4v) is 9.49. The lowest BCUT2D eigenvalue weighted by atomic mass is 9.67. The van der Waals surface area contributed by atoms with Crippen molar-refractivity contribution in [3.63, 3.8) is 0 Å². The molecule has 230 valence electrons. The summed E-state index contributed by atoms with van der Waals surface area (Å²) in [7, 11) is 0. The summed E-state index contributed by atoms with van der Waals surface area (Å²) in [4.78, 5) is 2.41. The Morgan fingerprint density at radius 3 is 1.76 bits per heavy atom. The van der Waals surface area contributed by atoms with Gasteiger partial charge in [-0.2, -0.15) is 0 Å². The highest BCUT2D eigenvalue weighted by Gasteiger charge is 2.46. The third-order valence-electron chi connectivity index (χ3n) is 10.3. The molecule has 0 saturated carbocycles. The highest BCUT2D eigenvalue weighted by atomic mass is 32.1. The monoisotopic (exact) mass is 641 g/mol. The number of thiophene rings is 1. The molecule has 0 amide bonds. The lowest BCUT2D eigenvalue weighted by Crippen LogP contribution is -2.28. The second-order valence-corrected chi connectivity index (χ2v) is 13.9. The van der Waals surface area contributed by atoms with E-state index in [1.165, 1.54) is 64.3 Å². The first kappa shape index (κ1) is 28.1. The minimum atomic E-state index is -0.455. The van der Waals surface area contributed by atoms with Crippen molar-refractivity contribution < 1.29 is 0 Å². The van der Waals surface area contributed by atoms with Crippen molar-refractivity contribution in [1.82, 2.24) is 0 Å². The summed E-state index contributed by atoms with van der Waals surface area (Å²) in [6.07, 6.45) is 0. The SMILES string of the molecule is c1ccc(N(c2cccc(C3(c4ccccc4)c4ccccc4-c4ccccc43)c2)c2ccc3c(ccc4c5ccccc5sc34)c2)cc1. The van der Waals surface area contributed by atoms with Crippen molar-refractivity contribution in [2.45, 2.75) is 5.41 Å². The Morgan fingerprint density at radius 1 is 0.388 bits per heavy atom. The molecule has 0 unspecified atom stereocenters. The van der Waals surface area contributed by atoms with Gasteiger partial charge in [-0.05, 0) is 86.6 Å². The zero-order valence-electron chi connectivity index (χ0n) is 26.8. The minimum absolute atomic E-state index is 0.455. The fourth-order valence-electron chi connectivity index (χ4n) is 8.25. The molecule has 0 N–H and O–H groups in total. The molecule has 0 bridgehead atoms. The molecule has 0 radical (unpaired) electrons. The van der Waals surface area contributed by atoms with E-state index in [9.17, 15) is 0 Å². The van der Waals surface area contributed by atoms with E-state index in [4.69, 9.17) is 0 Å². The summed E-state index contributed by atoms with van der Waals surface area (Å²) in [5, 5.41) is 5.20. The van der Waals surface area contributed by atoms with Gasteiger partial charge in [0.1, 0.15) is 0 Å². The van der Waals surface area contributed by atoms with E-state index >= 15 is 0 Å². The van der Waals surface area contributed by atoms with Gasteiger partial charge in [0.15, 0.2) is 0 Å². The maximum atomic E-state index is 2.41. The van der Waals surface area contributed by atoms with Crippen LogP contribution >= 0.6 is 11.3 Å². The van der Waals surface area contributed by atoms with Crippen LogP contribution < -0.4 is 4.90 Å². The van der Waals surface area contributed by atoms with E-state index in [2.05, 4.69) is 193 Å². The van der Waals surface area contributed by atoms with Crippen molar-refractivity contribution in [3.05, 3.63) is 210 Å². The molecule has 0 aliphatic heterocycles. The minimum Gasteiger partial charge on any atom is -0.310 e. The first-order chi connectivity index (χ1) is 24.3. The van der Waals surface area contributed by atoms with Gasteiger partial charge in [0.2, 0.25) is 0 Å². The quantitative estimate of drug-likeness (QED) is 0.181. The summed E-state index contributed by atoms with van der Waals surface area (Å²) in [5.74, 6) is 0. The van der Waals surface area contributed by atoms with Crippen LogP contribution in [-0.4, -0.2) is 0 Å². The molecule has 0 saturated heterocycles. The largest absolute Gasteiger partial charge is 0.310 e. The molecule has 49 heavy (non-hydrogen) atoms. The molecule has 1 nitrogen and oxygen atoms in total. The van der Waals surface area contributed by atoms with Gasteiger partial charge in [-0.25, -0.2) is 0 Å². The molecule has 0 spiro atoms. The van der Waals surface area contributed by atoms with Crippen LogP contribution in [0.3, 0.4) is 0 Å². The molecule has 10 rings (SSSR count). The number of rotatable bonds is 5. The van der Waals surface area contributed by atoms with Crippen molar-refractivity contribution >= 4 is 59.3 Å². The summed E-state index contributed by atoms with van der Waals surface area (Å²) >= 11 is 1.89. The van der Waals surface area contributed by atoms with Crippen LogP contribution in [0.4, 0.5) is 17.1 Å².